The van der Waals surface area contributed by atoms with Crippen LogP contribution < -0.4 is 10.2 Å². The van der Waals surface area contributed by atoms with E-state index in [1.165, 1.54) is 0 Å². The highest BCUT2D eigenvalue weighted by Gasteiger charge is 2.04. The van der Waals surface area contributed by atoms with Crippen LogP contribution in [0.3, 0.4) is 0 Å². The van der Waals surface area contributed by atoms with E-state index in [0.717, 1.165) is 16.9 Å². The fourth-order valence-corrected chi connectivity index (χ4v) is 2.41. The first-order valence-electron chi connectivity index (χ1n) is 7.97. The minimum Gasteiger partial charge on any atom is -0.508 e. The Morgan fingerprint density at radius 3 is 2.80 bits per heavy atom. The number of aromatic hydroxyl groups is 1. The molecule has 2 aromatic carbocycles. The number of phenols is 1. The van der Waals surface area contributed by atoms with Crippen LogP contribution in [-0.2, 0) is 4.79 Å². The lowest BCUT2D eigenvalue weighted by Gasteiger charge is -2.09. The molecule has 0 saturated carbocycles. The van der Waals surface area contributed by atoms with E-state index in [-0.39, 0.29) is 11.7 Å². The minimum atomic E-state index is -0.184. The summed E-state index contributed by atoms with van der Waals surface area (Å²) in [6.45, 7) is 4.12. The van der Waals surface area contributed by atoms with Crippen LogP contribution in [-0.4, -0.2) is 23.3 Å². The van der Waals surface area contributed by atoms with E-state index in [1.54, 1.807) is 31.2 Å². The number of amides is 1. The smallest absolute Gasteiger partial charge is 0.240 e. The maximum Gasteiger partial charge on any atom is 0.240 e. The number of hydrogen-bond acceptors (Lipinski definition) is 4. The molecule has 0 fully saturated rings. The molecule has 0 aromatic heterocycles. The van der Waals surface area contributed by atoms with Gasteiger partial charge in [0.05, 0.1) is 12.3 Å². The van der Waals surface area contributed by atoms with Crippen molar-refractivity contribution in [1.82, 2.24) is 5.43 Å². The SMILES string of the molecule is C/C(=N\NC(=O)CCCOc1ccc(Cl)cc1C)c1cccc(O)c1. The van der Waals surface area contributed by atoms with Gasteiger partial charge in [-0.15, -0.1) is 0 Å². The summed E-state index contributed by atoms with van der Waals surface area (Å²) in [6, 6.07) is 12.1. The molecule has 0 aliphatic carbocycles. The van der Waals surface area contributed by atoms with E-state index in [2.05, 4.69) is 10.5 Å². The third-order valence-corrected chi connectivity index (χ3v) is 3.79. The standard InChI is InChI=1S/C19H21ClN2O3/c1-13-11-16(20)8-9-18(13)25-10-4-7-19(24)22-21-14(2)15-5-3-6-17(23)12-15/h3,5-6,8-9,11-12,23H,4,7,10H2,1-2H3,(H,22,24)/b21-14+. The van der Waals surface area contributed by atoms with E-state index >= 15 is 0 Å². The lowest BCUT2D eigenvalue weighted by atomic mass is 10.1. The Bertz CT molecular complexity index is 775. The van der Waals surface area contributed by atoms with Gasteiger partial charge in [0.1, 0.15) is 11.5 Å². The Morgan fingerprint density at radius 2 is 2.08 bits per heavy atom. The van der Waals surface area contributed by atoms with Gasteiger partial charge in [-0.2, -0.15) is 5.10 Å². The van der Waals surface area contributed by atoms with Crippen molar-refractivity contribution < 1.29 is 14.6 Å². The molecule has 5 nitrogen and oxygen atoms in total. The summed E-state index contributed by atoms with van der Waals surface area (Å²) in [5.74, 6) is 0.742. The number of hydrogen-bond donors (Lipinski definition) is 2. The second kappa shape index (κ2) is 9.08. The molecule has 2 N–H and O–H groups in total. The minimum absolute atomic E-state index is 0.160. The first-order valence-corrected chi connectivity index (χ1v) is 8.35. The monoisotopic (exact) mass is 360 g/mol. The Hall–Kier alpha value is -2.53. The number of rotatable bonds is 7. The molecule has 0 aliphatic rings. The van der Waals surface area contributed by atoms with Crippen molar-refractivity contribution in [3.05, 3.63) is 58.6 Å². The molecule has 2 aromatic rings. The zero-order chi connectivity index (χ0) is 18.2. The van der Waals surface area contributed by atoms with Gasteiger partial charge >= 0.3 is 0 Å². The molecule has 0 radical (unpaired) electrons. The van der Waals surface area contributed by atoms with Gasteiger partial charge in [0.15, 0.2) is 0 Å². The molecular weight excluding hydrogens is 340 g/mol. The first-order chi connectivity index (χ1) is 12.0. The van der Waals surface area contributed by atoms with Crippen molar-refractivity contribution >= 4 is 23.2 Å². The van der Waals surface area contributed by atoms with Gasteiger partial charge in [0.25, 0.3) is 0 Å². The van der Waals surface area contributed by atoms with Crippen molar-refractivity contribution in [2.75, 3.05) is 6.61 Å². The fraction of sp³-hybridized carbons (Fsp3) is 0.263. The maximum atomic E-state index is 11.8. The highest BCUT2D eigenvalue weighted by atomic mass is 35.5. The molecule has 0 atom stereocenters. The molecule has 0 saturated heterocycles. The van der Waals surface area contributed by atoms with Crippen LogP contribution in [0.25, 0.3) is 0 Å². The summed E-state index contributed by atoms with van der Waals surface area (Å²) in [4.78, 5) is 11.8. The van der Waals surface area contributed by atoms with Gasteiger partial charge < -0.3 is 9.84 Å². The Balaban J connectivity index is 1.74. The van der Waals surface area contributed by atoms with Crippen LogP contribution in [0.4, 0.5) is 0 Å². The fourth-order valence-electron chi connectivity index (χ4n) is 2.19. The molecule has 0 bridgehead atoms. The Kier molecular flexibility index (Phi) is 6.83. The zero-order valence-corrected chi connectivity index (χ0v) is 15.0. The van der Waals surface area contributed by atoms with Crippen LogP contribution in [0.2, 0.25) is 5.02 Å². The van der Waals surface area contributed by atoms with Gasteiger partial charge in [-0.25, -0.2) is 5.43 Å². The topological polar surface area (TPSA) is 70.9 Å². The van der Waals surface area contributed by atoms with Gasteiger partial charge in [-0.1, -0.05) is 23.7 Å². The number of nitrogens with one attached hydrogen (secondary N) is 1. The number of carbonyl (C=O) groups is 1. The summed E-state index contributed by atoms with van der Waals surface area (Å²) >= 11 is 5.90. The summed E-state index contributed by atoms with van der Waals surface area (Å²) in [7, 11) is 0. The van der Waals surface area contributed by atoms with Gasteiger partial charge in [0.2, 0.25) is 5.91 Å². The van der Waals surface area contributed by atoms with E-state index in [9.17, 15) is 9.90 Å². The van der Waals surface area contributed by atoms with Crippen LogP contribution in [0.15, 0.2) is 47.6 Å². The maximum absolute atomic E-state index is 11.8. The van der Waals surface area contributed by atoms with Gasteiger partial charge in [0, 0.05) is 17.0 Å². The normalized spacial score (nSPS) is 11.2. The number of carbonyl (C=O) groups excluding carboxylic acids is 1. The summed E-state index contributed by atoms with van der Waals surface area (Å²) < 4.78 is 5.65. The van der Waals surface area contributed by atoms with E-state index in [4.69, 9.17) is 16.3 Å². The number of hydrazone groups is 1. The quantitative estimate of drug-likeness (QED) is 0.444. The average Bonchev–Trinajstić information content (AvgIpc) is 2.58. The number of benzene rings is 2. The lowest BCUT2D eigenvalue weighted by molar-refractivity contribution is -0.121. The molecule has 0 heterocycles. The van der Waals surface area contributed by atoms with Gasteiger partial charge in [-0.05, 0) is 56.2 Å². The second-order valence-corrected chi connectivity index (χ2v) is 6.08. The number of phenolic OH excluding ortho intramolecular Hbond substituents is 1. The summed E-state index contributed by atoms with van der Waals surface area (Å²) in [6.07, 6.45) is 0.887. The van der Waals surface area contributed by atoms with Crippen LogP contribution in [0.1, 0.15) is 30.9 Å². The molecule has 25 heavy (non-hydrogen) atoms. The Labute approximate surface area is 152 Å². The molecule has 1 amide bonds. The van der Waals surface area contributed by atoms with Crippen LogP contribution in [0.5, 0.6) is 11.5 Å². The predicted octanol–water partition coefficient (Wildman–Crippen LogP) is 4.05. The van der Waals surface area contributed by atoms with Crippen molar-refractivity contribution in [3.63, 3.8) is 0 Å². The predicted molar refractivity (Wildman–Crippen MR) is 99.4 cm³/mol. The number of nitrogens with zero attached hydrogens (tertiary/aromatic N) is 1. The van der Waals surface area contributed by atoms with Crippen molar-refractivity contribution in [1.29, 1.82) is 0 Å². The molecule has 0 spiro atoms. The molecule has 132 valence electrons. The van der Waals surface area contributed by atoms with Gasteiger partial charge in [-0.3, -0.25) is 4.79 Å². The molecule has 6 heteroatoms. The average molecular weight is 361 g/mol. The van der Waals surface area contributed by atoms with Crippen molar-refractivity contribution in [3.8, 4) is 11.5 Å². The lowest BCUT2D eigenvalue weighted by Crippen LogP contribution is -2.19. The molecular formula is C19H21ClN2O3. The van der Waals surface area contributed by atoms with E-state index in [1.807, 2.05) is 25.1 Å². The first kappa shape index (κ1) is 18.8. The van der Waals surface area contributed by atoms with E-state index in [0.29, 0.717) is 30.2 Å². The molecule has 2 rings (SSSR count). The van der Waals surface area contributed by atoms with E-state index < -0.39 is 0 Å². The highest BCUT2D eigenvalue weighted by Crippen LogP contribution is 2.21. The van der Waals surface area contributed by atoms with Crippen molar-refractivity contribution in [2.45, 2.75) is 26.7 Å². The number of halogens is 1. The summed E-state index contributed by atoms with van der Waals surface area (Å²) in [5, 5.41) is 14.2. The molecule has 0 aliphatic heterocycles. The zero-order valence-electron chi connectivity index (χ0n) is 14.3. The third-order valence-electron chi connectivity index (χ3n) is 3.55. The second-order valence-electron chi connectivity index (χ2n) is 5.64. The third kappa shape index (κ3) is 6.12. The number of aryl methyl sites for hydroxylation is 1. The highest BCUT2D eigenvalue weighted by molar-refractivity contribution is 6.30. The largest absolute Gasteiger partial charge is 0.508 e. The van der Waals surface area contributed by atoms with Crippen LogP contribution in [0, 0.1) is 6.92 Å². The van der Waals surface area contributed by atoms with Crippen molar-refractivity contribution in [2.24, 2.45) is 5.10 Å². The summed E-state index contributed by atoms with van der Waals surface area (Å²) in [5.41, 5.74) is 4.85. The molecule has 0 unspecified atom stereocenters. The number of ether oxygens (including phenoxy) is 1. The Morgan fingerprint density at radius 1 is 1.28 bits per heavy atom. The van der Waals surface area contributed by atoms with Crippen LogP contribution >= 0.6 is 11.6 Å².